The number of aldehydes is 1. The van der Waals surface area contributed by atoms with Crippen LogP contribution >= 0.6 is 23.2 Å². The van der Waals surface area contributed by atoms with Crippen LogP contribution in [0.5, 0.6) is 5.75 Å². The van der Waals surface area contributed by atoms with Crippen molar-refractivity contribution in [2.24, 2.45) is 0 Å². The van der Waals surface area contributed by atoms with Crippen molar-refractivity contribution in [1.29, 1.82) is 0 Å². The van der Waals surface area contributed by atoms with E-state index in [1.165, 1.54) is 11.1 Å². The van der Waals surface area contributed by atoms with Gasteiger partial charge in [-0.1, -0.05) is 35.3 Å². The molecule has 1 amide bonds. The fourth-order valence-electron chi connectivity index (χ4n) is 4.90. The number of nitrogens with zero attached hydrogens (tertiary/aromatic N) is 2. The quantitative estimate of drug-likeness (QED) is 0.219. The van der Waals surface area contributed by atoms with Gasteiger partial charge in [0.1, 0.15) is 12.4 Å². The smallest absolute Gasteiger partial charge is 0.223 e. The Morgan fingerprint density at radius 2 is 1.83 bits per heavy atom. The van der Waals surface area contributed by atoms with Gasteiger partial charge in [-0.25, -0.2) is 0 Å². The molecule has 0 aromatic heterocycles. The molecule has 41 heavy (non-hydrogen) atoms. The van der Waals surface area contributed by atoms with Crippen molar-refractivity contribution in [3.05, 3.63) is 62.6 Å². The summed E-state index contributed by atoms with van der Waals surface area (Å²) in [7, 11) is 2.10. The first kappa shape index (κ1) is 31.7. The van der Waals surface area contributed by atoms with Crippen molar-refractivity contribution in [2.75, 3.05) is 66.3 Å². The lowest BCUT2D eigenvalue weighted by molar-refractivity contribution is -0.127. The molecule has 0 fully saturated rings. The summed E-state index contributed by atoms with van der Waals surface area (Å²) in [5.74, 6) is 0.628. The number of likely N-dealkylation sites (N-methyl/N-ethyl adjacent to an activating group) is 1. The van der Waals surface area contributed by atoms with Crippen LogP contribution in [-0.2, 0) is 36.9 Å². The molecule has 0 bridgehead atoms. The number of benzene rings is 2. The molecule has 2 aliphatic heterocycles. The number of aliphatic hydroxyl groups excluding tert-OH is 1. The maximum atomic E-state index is 11.4. The molecular weight excluding hydrogens is 573 g/mol. The SMILES string of the molecule is CN1Cc2c(Cl)cc(Cl)cc2C(c2ccc3c(c2)ON(CCOCCOCCOCCNC(=O)CC(O)C=O)C3)C1. The Balaban J connectivity index is 1.09. The van der Waals surface area contributed by atoms with Gasteiger partial charge in [0.15, 0.2) is 5.75 Å². The fourth-order valence-corrected chi connectivity index (χ4v) is 5.47. The number of carbonyl (C=O) groups excluding carboxylic acids is 2. The number of carbonyl (C=O) groups is 2. The number of fused-ring (bicyclic) bond motifs is 2. The number of hydrogen-bond acceptors (Lipinski definition) is 9. The summed E-state index contributed by atoms with van der Waals surface area (Å²) in [6.07, 6.45) is -1.19. The topological polar surface area (TPSA) is 110 Å². The van der Waals surface area contributed by atoms with Gasteiger partial charge in [-0.2, -0.15) is 0 Å². The molecular formula is C29H37Cl2N3O7. The van der Waals surface area contributed by atoms with Crippen LogP contribution in [0.4, 0.5) is 0 Å². The number of aliphatic hydroxyl groups is 1. The van der Waals surface area contributed by atoms with Crippen LogP contribution < -0.4 is 10.2 Å². The number of rotatable bonds is 16. The van der Waals surface area contributed by atoms with Crippen LogP contribution in [-0.4, -0.2) is 99.7 Å². The van der Waals surface area contributed by atoms with E-state index in [4.69, 9.17) is 47.4 Å². The Morgan fingerprint density at radius 1 is 1.10 bits per heavy atom. The second-order valence-electron chi connectivity index (χ2n) is 10.1. The third-order valence-corrected chi connectivity index (χ3v) is 7.46. The molecule has 2 aromatic rings. The molecule has 0 saturated heterocycles. The van der Waals surface area contributed by atoms with Crippen LogP contribution in [0.1, 0.15) is 34.6 Å². The van der Waals surface area contributed by atoms with Gasteiger partial charge in [0.25, 0.3) is 0 Å². The molecule has 2 N–H and O–H groups in total. The van der Waals surface area contributed by atoms with Gasteiger partial charge in [-0.3, -0.25) is 4.79 Å². The molecule has 4 rings (SSSR count). The van der Waals surface area contributed by atoms with Crippen molar-refractivity contribution in [3.63, 3.8) is 0 Å². The van der Waals surface area contributed by atoms with Crippen LogP contribution in [0.2, 0.25) is 10.0 Å². The average Bonchev–Trinajstić information content (AvgIpc) is 3.35. The minimum atomic E-state index is -1.27. The molecule has 0 spiro atoms. The summed E-state index contributed by atoms with van der Waals surface area (Å²) in [4.78, 5) is 30.1. The number of amides is 1. The standard InChI is InChI=1S/C29H37Cl2N3O7/c1-33-17-25(24-13-22(30)14-27(31)26(24)18-33)20-2-3-21-16-34(41-28(21)12-20)5-7-39-9-11-40-10-8-38-6-4-32-29(37)15-23(36)19-35/h2-3,12-14,19,23,25,36H,4-11,15-18H2,1H3,(H,32,37). The van der Waals surface area contributed by atoms with E-state index in [2.05, 4.69) is 35.5 Å². The van der Waals surface area contributed by atoms with Crippen molar-refractivity contribution in [3.8, 4) is 5.75 Å². The van der Waals surface area contributed by atoms with Gasteiger partial charge >= 0.3 is 0 Å². The zero-order valence-electron chi connectivity index (χ0n) is 23.2. The lowest BCUT2D eigenvalue weighted by atomic mass is 9.84. The highest BCUT2D eigenvalue weighted by atomic mass is 35.5. The van der Waals surface area contributed by atoms with Gasteiger partial charge in [0.2, 0.25) is 5.91 Å². The molecule has 224 valence electrons. The fraction of sp³-hybridized carbons (Fsp3) is 0.517. The number of halogens is 2. The highest BCUT2D eigenvalue weighted by Gasteiger charge is 2.29. The van der Waals surface area contributed by atoms with Crippen molar-refractivity contribution in [1.82, 2.24) is 15.3 Å². The van der Waals surface area contributed by atoms with E-state index in [0.29, 0.717) is 75.6 Å². The highest BCUT2D eigenvalue weighted by Crippen LogP contribution is 2.40. The number of hydrogen-bond donors (Lipinski definition) is 2. The minimum absolute atomic E-state index is 0.159. The Morgan fingerprint density at radius 3 is 2.59 bits per heavy atom. The Kier molecular flexibility index (Phi) is 12.2. The molecule has 10 nitrogen and oxygen atoms in total. The van der Waals surface area contributed by atoms with Gasteiger partial charge < -0.3 is 39.2 Å². The maximum Gasteiger partial charge on any atom is 0.223 e. The first-order valence-electron chi connectivity index (χ1n) is 13.7. The molecule has 12 heteroatoms. The van der Waals surface area contributed by atoms with E-state index in [-0.39, 0.29) is 12.3 Å². The van der Waals surface area contributed by atoms with Gasteiger partial charge in [0.05, 0.1) is 59.2 Å². The van der Waals surface area contributed by atoms with Gasteiger partial charge in [-0.05, 0) is 41.9 Å². The first-order chi connectivity index (χ1) is 19.8. The summed E-state index contributed by atoms with van der Waals surface area (Å²) >= 11 is 12.9. The normalized spacial score (nSPS) is 17.5. The molecule has 2 unspecified atom stereocenters. The van der Waals surface area contributed by atoms with Crippen molar-refractivity contribution >= 4 is 35.4 Å². The zero-order chi connectivity index (χ0) is 29.2. The Hall–Kier alpha value is -2.28. The third-order valence-electron chi connectivity index (χ3n) is 6.91. The van der Waals surface area contributed by atoms with Crippen LogP contribution in [0.3, 0.4) is 0 Å². The molecule has 2 atom stereocenters. The summed E-state index contributed by atoms with van der Waals surface area (Å²) < 4.78 is 16.6. The largest absolute Gasteiger partial charge is 0.405 e. The van der Waals surface area contributed by atoms with Crippen LogP contribution in [0.15, 0.2) is 30.3 Å². The van der Waals surface area contributed by atoms with E-state index < -0.39 is 12.0 Å². The van der Waals surface area contributed by atoms with Crippen molar-refractivity contribution < 1.29 is 33.7 Å². The lowest BCUT2D eigenvalue weighted by Gasteiger charge is -2.33. The molecule has 2 heterocycles. The maximum absolute atomic E-state index is 11.4. The molecule has 2 aliphatic rings. The monoisotopic (exact) mass is 609 g/mol. The predicted molar refractivity (Wildman–Crippen MR) is 154 cm³/mol. The summed E-state index contributed by atoms with van der Waals surface area (Å²) in [5.41, 5.74) is 4.62. The summed E-state index contributed by atoms with van der Waals surface area (Å²) in [6.45, 7) is 5.83. The number of hydroxylamine groups is 2. The summed E-state index contributed by atoms with van der Waals surface area (Å²) in [5, 5.41) is 14.9. The van der Waals surface area contributed by atoms with E-state index in [0.717, 1.165) is 30.0 Å². The predicted octanol–water partition coefficient (Wildman–Crippen LogP) is 2.80. The lowest BCUT2D eigenvalue weighted by Crippen LogP contribution is -2.31. The molecule has 0 aliphatic carbocycles. The van der Waals surface area contributed by atoms with Gasteiger partial charge in [0, 0.05) is 41.2 Å². The Labute approximate surface area is 250 Å². The second-order valence-corrected chi connectivity index (χ2v) is 11.0. The van der Waals surface area contributed by atoms with Crippen LogP contribution in [0.25, 0.3) is 0 Å². The van der Waals surface area contributed by atoms with E-state index >= 15 is 0 Å². The summed E-state index contributed by atoms with van der Waals surface area (Å²) in [6, 6.07) is 10.3. The van der Waals surface area contributed by atoms with E-state index in [1.54, 1.807) is 0 Å². The third kappa shape index (κ3) is 9.36. The number of ether oxygens (including phenoxy) is 3. The molecule has 0 saturated carbocycles. The first-order valence-corrected chi connectivity index (χ1v) is 14.4. The van der Waals surface area contributed by atoms with E-state index in [1.807, 2.05) is 17.2 Å². The van der Waals surface area contributed by atoms with E-state index in [9.17, 15) is 9.59 Å². The molecule has 0 radical (unpaired) electrons. The molecule has 2 aromatic carbocycles. The average molecular weight is 611 g/mol. The second kappa shape index (κ2) is 15.8. The Bertz CT molecular complexity index is 1190. The zero-order valence-corrected chi connectivity index (χ0v) is 24.7. The highest BCUT2D eigenvalue weighted by molar-refractivity contribution is 6.35. The van der Waals surface area contributed by atoms with Crippen LogP contribution in [0, 0.1) is 0 Å². The number of nitrogens with one attached hydrogen (secondary N) is 1. The van der Waals surface area contributed by atoms with Gasteiger partial charge in [-0.15, -0.1) is 5.06 Å². The minimum Gasteiger partial charge on any atom is -0.405 e. The van der Waals surface area contributed by atoms with Crippen molar-refractivity contribution in [2.45, 2.75) is 31.5 Å².